The molecule has 0 saturated heterocycles. The maximum absolute atomic E-state index is 5.29. The molecule has 1 aliphatic heterocycles. The third-order valence-corrected chi connectivity index (χ3v) is 5.20. The van der Waals surface area contributed by atoms with Gasteiger partial charge in [0.25, 0.3) is 0 Å². The topological polar surface area (TPSA) is 39.7 Å². The fourth-order valence-corrected chi connectivity index (χ4v) is 3.47. The molecule has 27 heavy (non-hydrogen) atoms. The molecule has 0 amide bonds. The van der Waals surface area contributed by atoms with E-state index in [4.69, 9.17) is 12.2 Å². The Morgan fingerprint density at radius 2 is 1.85 bits per heavy atom. The SMILES string of the molecule is CC1=CC(C)(C)N(C)c2cc(C)c(/C=N/NC(=S)Nc3ccccc3)cc21. The number of fused-ring (bicyclic) bond motifs is 1. The van der Waals surface area contributed by atoms with Crippen LogP contribution in [0, 0.1) is 6.92 Å². The van der Waals surface area contributed by atoms with Crippen molar-refractivity contribution in [2.45, 2.75) is 33.2 Å². The normalized spacial score (nSPS) is 15.3. The zero-order valence-corrected chi connectivity index (χ0v) is 17.3. The summed E-state index contributed by atoms with van der Waals surface area (Å²) in [4.78, 5) is 2.32. The fraction of sp³-hybridized carbons (Fsp3) is 0.273. The number of nitrogens with one attached hydrogen (secondary N) is 2. The van der Waals surface area contributed by atoms with Crippen LogP contribution in [0.1, 0.15) is 37.5 Å². The summed E-state index contributed by atoms with van der Waals surface area (Å²) >= 11 is 5.29. The number of hydrazone groups is 1. The molecule has 2 aromatic rings. The van der Waals surface area contributed by atoms with Gasteiger partial charge in [0.05, 0.1) is 11.8 Å². The molecule has 4 nitrogen and oxygen atoms in total. The van der Waals surface area contributed by atoms with E-state index in [2.05, 4.69) is 73.7 Å². The summed E-state index contributed by atoms with van der Waals surface area (Å²) in [7, 11) is 2.14. The first-order chi connectivity index (χ1) is 12.8. The van der Waals surface area contributed by atoms with Crippen molar-refractivity contribution in [2.75, 3.05) is 17.3 Å². The van der Waals surface area contributed by atoms with Gasteiger partial charge < -0.3 is 10.2 Å². The number of para-hydroxylation sites is 1. The molecule has 2 aromatic carbocycles. The van der Waals surface area contributed by atoms with Crippen molar-refractivity contribution >= 4 is 40.5 Å². The van der Waals surface area contributed by atoms with Crippen LogP contribution in [0.5, 0.6) is 0 Å². The molecule has 2 N–H and O–H groups in total. The lowest BCUT2D eigenvalue weighted by Gasteiger charge is -2.41. The number of thiocarbonyl (C=S) groups is 1. The van der Waals surface area contributed by atoms with Crippen molar-refractivity contribution in [1.82, 2.24) is 5.43 Å². The van der Waals surface area contributed by atoms with Crippen LogP contribution in [0.4, 0.5) is 11.4 Å². The Hall–Kier alpha value is -2.66. The first-order valence-electron chi connectivity index (χ1n) is 9.01. The zero-order valence-electron chi connectivity index (χ0n) is 16.5. The minimum absolute atomic E-state index is 0.00990. The van der Waals surface area contributed by atoms with Gasteiger partial charge in [-0.3, -0.25) is 5.43 Å². The van der Waals surface area contributed by atoms with Crippen molar-refractivity contribution in [3.8, 4) is 0 Å². The Morgan fingerprint density at radius 1 is 1.15 bits per heavy atom. The number of nitrogens with zero attached hydrogens (tertiary/aromatic N) is 2. The molecule has 1 heterocycles. The average Bonchev–Trinajstić information content (AvgIpc) is 2.61. The zero-order chi connectivity index (χ0) is 19.6. The van der Waals surface area contributed by atoms with E-state index in [0.29, 0.717) is 5.11 Å². The van der Waals surface area contributed by atoms with Gasteiger partial charge in [0.2, 0.25) is 0 Å². The Balaban J connectivity index is 1.76. The summed E-state index contributed by atoms with van der Waals surface area (Å²) in [6.07, 6.45) is 4.13. The maximum atomic E-state index is 5.29. The first-order valence-corrected chi connectivity index (χ1v) is 9.42. The molecule has 3 rings (SSSR count). The van der Waals surface area contributed by atoms with E-state index in [1.807, 2.05) is 36.5 Å². The first kappa shape index (κ1) is 19.1. The molecule has 0 atom stereocenters. The van der Waals surface area contributed by atoms with Crippen molar-refractivity contribution in [1.29, 1.82) is 0 Å². The van der Waals surface area contributed by atoms with Crippen molar-refractivity contribution < 1.29 is 0 Å². The standard InChI is InChI=1S/C22H26N4S/c1-15-11-20-19(16(2)13-22(3,4)26(20)5)12-17(15)14-23-25-21(27)24-18-9-7-6-8-10-18/h6-14H,1-5H3,(H2,24,25,27)/b23-14+. The second kappa shape index (κ2) is 7.53. The van der Waals surface area contributed by atoms with Gasteiger partial charge in [-0.2, -0.15) is 5.10 Å². The molecule has 1 aliphatic rings. The molecule has 0 spiro atoms. The Kier molecular flexibility index (Phi) is 5.33. The van der Waals surface area contributed by atoms with Crippen LogP contribution < -0.4 is 15.6 Å². The maximum Gasteiger partial charge on any atom is 0.191 e. The van der Waals surface area contributed by atoms with Gasteiger partial charge in [-0.25, -0.2) is 0 Å². The molecule has 0 saturated carbocycles. The number of aryl methyl sites for hydroxylation is 1. The van der Waals surface area contributed by atoms with Crippen LogP contribution in [0.2, 0.25) is 0 Å². The van der Waals surface area contributed by atoms with E-state index in [1.165, 1.54) is 22.4 Å². The molecular formula is C22H26N4S. The molecule has 0 bridgehead atoms. The van der Waals surface area contributed by atoms with Crippen LogP contribution in [0.15, 0.2) is 53.6 Å². The smallest absolute Gasteiger partial charge is 0.191 e. The fourth-order valence-electron chi connectivity index (χ4n) is 3.30. The average molecular weight is 379 g/mol. The van der Waals surface area contributed by atoms with E-state index < -0.39 is 0 Å². The molecule has 0 aliphatic carbocycles. The van der Waals surface area contributed by atoms with Crippen LogP contribution in [0.25, 0.3) is 5.57 Å². The van der Waals surface area contributed by atoms with E-state index in [0.717, 1.165) is 11.3 Å². The lowest BCUT2D eigenvalue weighted by Crippen LogP contribution is -2.42. The number of hydrogen-bond acceptors (Lipinski definition) is 3. The molecule has 5 heteroatoms. The van der Waals surface area contributed by atoms with Gasteiger partial charge in [-0.05, 0) is 80.9 Å². The number of anilines is 2. The summed E-state index contributed by atoms with van der Waals surface area (Å²) in [5, 5.41) is 7.88. The second-order valence-electron chi connectivity index (χ2n) is 7.46. The Morgan fingerprint density at radius 3 is 2.56 bits per heavy atom. The van der Waals surface area contributed by atoms with Crippen LogP contribution >= 0.6 is 12.2 Å². The lowest BCUT2D eigenvalue weighted by molar-refractivity contribution is 0.597. The number of hydrogen-bond donors (Lipinski definition) is 2. The molecule has 0 fully saturated rings. The third kappa shape index (κ3) is 4.19. The summed E-state index contributed by atoms with van der Waals surface area (Å²) < 4.78 is 0. The van der Waals surface area contributed by atoms with E-state index in [1.54, 1.807) is 0 Å². The number of allylic oxidation sites excluding steroid dienone is 1. The predicted octanol–water partition coefficient (Wildman–Crippen LogP) is 4.95. The minimum Gasteiger partial charge on any atom is -0.365 e. The van der Waals surface area contributed by atoms with Gasteiger partial charge in [0.1, 0.15) is 0 Å². The highest BCUT2D eigenvalue weighted by molar-refractivity contribution is 7.80. The monoisotopic (exact) mass is 378 g/mol. The van der Waals surface area contributed by atoms with E-state index in [9.17, 15) is 0 Å². The Labute approximate surface area is 167 Å². The van der Waals surface area contributed by atoms with Crippen molar-refractivity contribution in [3.05, 3.63) is 65.2 Å². The van der Waals surface area contributed by atoms with E-state index in [-0.39, 0.29) is 5.54 Å². The second-order valence-corrected chi connectivity index (χ2v) is 7.86. The number of likely N-dealkylation sites (N-methyl/N-ethyl adjacent to an activating group) is 1. The van der Waals surface area contributed by atoms with Crippen molar-refractivity contribution in [2.24, 2.45) is 5.10 Å². The highest BCUT2D eigenvalue weighted by atomic mass is 32.1. The minimum atomic E-state index is 0.00990. The molecular weight excluding hydrogens is 352 g/mol. The van der Waals surface area contributed by atoms with E-state index >= 15 is 0 Å². The van der Waals surface area contributed by atoms with Gasteiger partial charge >= 0.3 is 0 Å². The van der Waals surface area contributed by atoms with Gasteiger partial charge in [0, 0.05) is 24.0 Å². The summed E-state index contributed by atoms with van der Waals surface area (Å²) in [6.45, 7) is 8.74. The van der Waals surface area contributed by atoms with Crippen LogP contribution in [-0.4, -0.2) is 23.9 Å². The highest BCUT2D eigenvalue weighted by Crippen LogP contribution is 2.38. The Bertz CT molecular complexity index is 913. The molecule has 140 valence electrons. The quantitative estimate of drug-likeness (QED) is 0.450. The third-order valence-electron chi connectivity index (χ3n) is 5.01. The highest BCUT2D eigenvalue weighted by Gasteiger charge is 2.28. The predicted molar refractivity (Wildman–Crippen MR) is 121 cm³/mol. The number of benzene rings is 2. The summed E-state index contributed by atoms with van der Waals surface area (Å²) in [5.74, 6) is 0. The van der Waals surface area contributed by atoms with Crippen LogP contribution in [-0.2, 0) is 0 Å². The van der Waals surface area contributed by atoms with Gasteiger partial charge in [-0.1, -0.05) is 24.3 Å². The van der Waals surface area contributed by atoms with Gasteiger partial charge in [0.15, 0.2) is 5.11 Å². The summed E-state index contributed by atoms with van der Waals surface area (Å²) in [6, 6.07) is 14.2. The lowest BCUT2D eigenvalue weighted by atomic mass is 9.87. The number of rotatable bonds is 3. The molecule has 0 unspecified atom stereocenters. The van der Waals surface area contributed by atoms with Gasteiger partial charge in [-0.15, -0.1) is 0 Å². The molecule has 0 radical (unpaired) electrons. The van der Waals surface area contributed by atoms with Crippen LogP contribution in [0.3, 0.4) is 0 Å². The largest absolute Gasteiger partial charge is 0.365 e. The molecule has 0 aromatic heterocycles. The summed E-state index contributed by atoms with van der Waals surface area (Å²) in [5.41, 5.74) is 9.87. The van der Waals surface area contributed by atoms with Crippen molar-refractivity contribution in [3.63, 3.8) is 0 Å².